The van der Waals surface area contributed by atoms with E-state index in [2.05, 4.69) is 4.98 Å². The van der Waals surface area contributed by atoms with Gasteiger partial charge in [0, 0.05) is 6.20 Å². The zero-order chi connectivity index (χ0) is 15.0. The van der Waals surface area contributed by atoms with Crippen molar-refractivity contribution in [2.45, 2.75) is 18.7 Å². The van der Waals surface area contributed by atoms with E-state index in [9.17, 15) is 8.42 Å². The van der Waals surface area contributed by atoms with Crippen LogP contribution in [0, 0.1) is 13.8 Å². The van der Waals surface area contributed by atoms with Crippen molar-refractivity contribution in [1.82, 2.24) is 8.96 Å². The van der Waals surface area contributed by atoms with E-state index in [0.29, 0.717) is 11.4 Å². The number of aromatic nitrogens is 2. The number of hydrogen-bond donors (Lipinski definition) is 0. The quantitative estimate of drug-likeness (QED) is 0.746. The van der Waals surface area contributed by atoms with Crippen LogP contribution < -0.4 is 0 Å². The molecule has 0 aliphatic rings. The second-order valence-electron chi connectivity index (χ2n) is 4.80. The average molecular weight is 302 g/mol. The van der Waals surface area contributed by atoms with E-state index in [1.807, 2.05) is 6.92 Å². The third-order valence-corrected chi connectivity index (χ3v) is 4.83. The molecule has 0 fully saturated rings. The largest absolute Gasteiger partial charge is 0.443 e. The van der Waals surface area contributed by atoms with Crippen molar-refractivity contribution in [2.75, 3.05) is 0 Å². The van der Waals surface area contributed by atoms with Gasteiger partial charge < -0.3 is 4.42 Å². The molecule has 5 nitrogen and oxygen atoms in total. The van der Waals surface area contributed by atoms with E-state index in [4.69, 9.17) is 4.42 Å². The molecule has 1 aromatic carbocycles. The van der Waals surface area contributed by atoms with Gasteiger partial charge >= 0.3 is 0 Å². The van der Waals surface area contributed by atoms with Gasteiger partial charge in [-0.05, 0) is 38.1 Å². The van der Waals surface area contributed by atoms with E-state index in [1.54, 1.807) is 43.3 Å². The molecule has 0 saturated carbocycles. The summed E-state index contributed by atoms with van der Waals surface area (Å²) < 4.78 is 31.9. The molecule has 0 radical (unpaired) electrons. The fraction of sp³-hybridized carbons (Fsp3) is 0.133. The van der Waals surface area contributed by atoms with Gasteiger partial charge in [0.2, 0.25) is 5.89 Å². The molecule has 3 aromatic rings. The lowest BCUT2D eigenvalue weighted by atomic mass is 10.2. The Morgan fingerprint density at radius 3 is 2.43 bits per heavy atom. The molecular formula is C15H14N2O3S. The van der Waals surface area contributed by atoms with Crippen LogP contribution in [-0.4, -0.2) is 17.4 Å². The fourth-order valence-corrected chi connectivity index (χ4v) is 3.37. The van der Waals surface area contributed by atoms with Crippen LogP contribution >= 0.6 is 0 Å². The Morgan fingerprint density at radius 1 is 1.10 bits per heavy atom. The van der Waals surface area contributed by atoms with Crippen LogP contribution in [0.5, 0.6) is 0 Å². The summed E-state index contributed by atoms with van der Waals surface area (Å²) in [7, 11) is -3.67. The van der Waals surface area contributed by atoms with Gasteiger partial charge in [-0.1, -0.05) is 17.7 Å². The number of rotatable bonds is 3. The highest BCUT2D eigenvalue weighted by Gasteiger charge is 2.21. The maximum atomic E-state index is 12.7. The van der Waals surface area contributed by atoms with Crippen LogP contribution in [0.2, 0.25) is 0 Å². The van der Waals surface area contributed by atoms with Crippen molar-refractivity contribution in [3.8, 4) is 11.6 Å². The normalized spacial score (nSPS) is 11.7. The zero-order valence-electron chi connectivity index (χ0n) is 11.6. The minimum absolute atomic E-state index is 0.230. The van der Waals surface area contributed by atoms with Crippen LogP contribution in [0.4, 0.5) is 0 Å². The number of benzene rings is 1. The van der Waals surface area contributed by atoms with Gasteiger partial charge in [0.05, 0.1) is 10.6 Å². The Labute approximate surface area is 122 Å². The first-order valence-electron chi connectivity index (χ1n) is 6.40. The van der Waals surface area contributed by atoms with E-state index < -0.39 is 10.0 Å². The summed E-state index contributed by atoms with van der Waals surface area (Å²) in [6.45, 7) is 3.70. The molecule has 0 unspecified atom stereocenters. The Bertz CT molecular complexity index is 874. The van der Waals surface area contributed by atoms with Gasteiger partial charge in [0.1, 0.15) is 12.0 Å². The molecule has 0 spiro atoms. The second kappa shape index (κ2) is 4.89. The maximum absolute atomic E-state index is 12.7. The van der Waals surface area contributed by atoms with Gasteiger partial charge in [-0.25, -0.2) is 17.4 Å². The first-order valence-corrected chi connectivity index (χ1v) is 7.84. The number of aryl methyl sites for hydroxylation is 2. The Balaban J connectivity index is 2.13. The molecule has 0 aliphatic heterocycles. The topological polar surface area (TPSA) is 65.1 Å². The summed E-state index contributed by atoms with van der Waals surface area (Å²) in [4.78, 5) is 4.41. The predicted molar refractivity (Wildman–Crippen MR) is 78.4 cm³/mol. The Hall–Kier alpha value is -2.34. The summed E-state index contributed by atoms with van der Waals surface area (Å²) >= 11 is 0. The predicted octanol–water partition coefficient (Wildman–Crippen LogP) is 3.00. The highest BCUT2D eigenvalue weighted by molar-refractivity contribution is 7.90. The molecular weight excluding hydrogens is 288 g/mol. The molecule has 0 atom stereocenters. The van der Waals surface area contributed by atoms with Crippen molar-refractivity contribution in [3.05, 3.63) is 60.1 Å². The molecule has 0 aliphatic carbocycles. The van der Waals surface area contributed by atoms with E-state index >= 15 is 0 Å². The monoisotopic (exact) mass is 302 g/mol. The summed E-state index contributed by atoms with van der Waals surface area (Å²) in [5, 5.41) is 0. The summed E-state index contributed by atoms with van der Waals surface area (Å²) in [6, 6.07) is 10.0. The fourth-order valence-electron chi connectivity index (χ4n) is 2.04. The van der Waals surface area contributed by atoms with Gasteiger partial charge in [0.15, 0.2) is 0 Å². The van der Waals surface area contributed by atoms with Crippen molar-refractivity contribution >= 4 is 10.0 Å². The van der Waals surface area contributed by atoms with Crippen molar-refractivity contribution in [2.24, 2.45) is 0 Å². The average Bonchev–Trinajstić information content (AvgIpc) is 3.07. The Kier molecular flexibility index (Phi) is 3.17. The highest BCUT2D eigenvalue weighted by atomic mass is 32.2. The van der Waals surface area contributed by atoms with E-state index in [0.717, 1.165) is 5.56 Å². The lowest BCUT2D eigenvalue weighted by Crippen LogP contribution is -2.13. The zero-order valence-corrected chi connectivity index (χ0v) is 12.5. The molecule has 3 rings (SSSR count). The molecule has 0 saturated heterocycles. The van der Waals surface area contributed by atoms with Crippen molar-refractivity contribution in [1.29, 1.82) is 0 Å². The van der Waals surface area contributed by atoms with Gasteiger partial charge in [-0.3, -0.25) is 0 Å². The van der Waals surface area contributed by atoms with Gasteiger partial charge in [-0.2, -0.15) is 0 Å². The SMILES string of the molecule is Cc1ccc(S(=O)(=O)n2cccc2-c2nc(C)co2)cc1. The first-order chi connectivity index (χ1) is 9.98. The number of nitrogens with zero attached hydrogens (tertiary/aromatic N) is 2. The second-order valence-corrected chi connectivity index (χ2v) is 6.62. The minimum atomic E-state index is -3.67. The molecule has 108 valence electrons. The van der Waals surface area contributed by atoms with Gasteiger partial charge in [-0.15, -0.1) is 0 Å². The van der Waals surface area contributed by atoms with Crippen LogP contribution in [0.25, 0.3) is 11.6 Å². The summed E-state index contributed by atoms with van der Waals surface area (Å²) in [6.07, 6.45) is 2.98. The van der Waals surface area contributed by atoms with Crippen LogP contribution in [-0.2, 0) is 10.0 Å². The molecule has 0 amide bonds. The minimum Gasteiger partial charge on any atom is -0.443 e. The van der Waals surface area contributed by atoms with E-state index in [-0.39, 0.29) is 10.8 Å². The Morgan fingerprint density at radius 2 is 1.81 bits per heavy atom. The molecule has 21 heavy (non-hydrogen) atoms. The molecule has 6 heteroatoms. The van der Waals surface area contributed by atoms with Crippen LogP contribution in [0.1, 0.15) is 11.3 Å². The molecule has 0 bridgehead atoms. The highest BCUT2D eigenvalue weighted by Crippen LogP contribution is 2.24. The van der Waals surface area contributed by atoms with Crippen LogP contribution in [0.3, 0.4) is 0 Å². The smallest absolute Gasteiger partial charge is 0.268 e. The lowest BCUT2D eigenvalue weighted by molar-refractivity contribution is 0.565. The number of oxazole rings is 1. The third kappa shape index (κ3) is 2.38. The first kappa shape index (κ1) is 13.6. The summed E-state index contributed by atoms with van der Waals surface area (Å²) in [5.74, 6) is 0.285. The van der Waals surface area contributed by atoms with Crippen molar-refractivity contribution < 1.29 is 12.8 Å². The molecule has 2 aromatic heterocycles. The number of hydrogen-bond acceptors (Lipinski definition) is 4. The van der Waals surface area contributed by atoms with Gasteiger partial charge in [0.25, 0.3) is 10.0 Å². The van der Waals surface area contributed by atoms with Crippen molar-refractivity contribution in [3.63, 3.8) is 0 Å². The maximum Gasteiger partial charge on any atom is 0.268 e. The van der Waals surface area contributed by atoms with Crippen LogP contribution in [0.15, 0.2) is 58.2 Å². The summed E-state index contributed by atoms with van der Waals surface area (Å²) in [5.41, 5.74) is 2.11. The van der Waals surface area contributed by atoms with E-state index in [1.165, 1.54) is 16.4 Å². The molecule has 0 N–H and O–H groups in total. The third-order valence-electron chi connectivity index (χ3n) is 3.13. The molecule has 2 heterocycles. The standard InChI is InChI=1S/C15H14N2O3S/c1-11-5-7-13(8-6-11)21(18,19)17-9-3-4-14(17)15-16-12(2)10-20-15/h3-10H,1-2H3. The lowest BCUT2D eigenvalue weighted by Gasteiger charge is -2.08.